The molecular formula is C10H18FN3. The van der Waals surface area contributed by atoms with E-state index in [-0.39, 0.29) is 11.4 Å². The monoisotopic (exact) mass is 199 g/mol. The molecular weight excluding hydrogens is 181 g/mol. The minimum atomic E-state index is -1.59. The molecule has 0 aromatic heterocycles. The fraction of sp³-hybridized carbons (Fsp3) is 0.600. The number of nitrogens with two attached hydrogens (primary N) is 3. The minimum absolute atomic E-state index is 0.0897. The van der Waals surface area contributed by atoms with Gasteiger partial charge in [0, 0.05) is 0 Å². The Morgan fingerprint density at radius 2 is 2.00 bits per heavy atom. The fourth-order valence-electron chi connectivity index (χ4n) is 1.84. The lowest BCUT2D eigenvalue weighted by atomic mass is 9.81. The number of hydrogen-bond donors (Lipinski definition) is 3. The van der Waals surface area contributed by atoms with Crippen molar-refractivity contribution in [1.82, 2.24) is 0 Å². The zero-order chi connectivity index (χ0) is 10.9. The van der Waals surface area contributed by atoms with Gasteiger partial charge in [0.25, 0.3) is 0 Å². The van der Waals surface area contributed by atoms with Crippen LogP contribution in [0, 0.1) is 0 Å². The summed E-state index contributed by atoms with van der Waals surface area (Å²) < 4.78 is 14.4. The summed E-state index contributed by atoms with van der Waals surface area (Å²) in [5, 5.41) is 0. The molecule has 4 heteroatoms. The third-order valence-electron chi connectivity index (χ3n) is 2.85. The van der Waals surface area contributed by atoms with Gasteiger partial charge in [-0.25, -0.2) is 4.39 Å². The van der Waals surface area contributed by atoms with Crippen molar-refractivity contribution in [1.29, 1.82) is 0 Å². The molecule has 0 aliphatic heterocycles. The molecule has 0 amide bonds. The molecule has 0 radical (unpaired) electrons. The first-order chi connectivity index (χ1) is 6.47. The van der Waals surface area contributed by atoms with E-state index in [1.54, 1.807) is 13.0 Å². The standard InChI is InChI=1S/C10H18FN3/c1-3-6-5-7(12)8(13)9(14)10(6,11)4-2/h5,7H,3-4,12-14H2,1-2H3. The molecule has 0 heterocycles. The van der Waals surface area contributed by atoms with Crippen molar-refractivity contribution in [3.05, 3.63) is 23.0 Å². The van der Waals surface area contributed by atoms with E-state index < -0.39 is 11.7 Å². The first-order valence-corrected chi connectivity index (χ1v) is 4.88. The zero-order valence-corrected chi connectivity index (χ0v) is 8.68. The summed E-state index contributed by atoms with van der Waals surface area (Å²) in [4.78, 5) is 0. The highest BCUT2D eigenvalue weighted by molar-refractivity contribution is 5.42. The van der Waals surface area contributed by atoms with Crippen molar-refractivity contribution in [2.24, 2.45) is 17.2 Å². The van der Waals surface area contributed by atoms with Crippen LogP contribution in [0.2, 0.25) is 0 Å². The maximum absolute atomic E-state index is 14.4. The Bertz CT molecular complexity index is 296. The fourth-order valence-corrected chi connectivity index (χ4v) is 1.84. The summed E-state index contributed by atoms with van der Waals surface area (Å²) in [5.74, 6) is 0. The van der Waals surface area contributed by atoms with Gasteiger partial charge in [-0.1, -0.05) is 19.9 Å². The number of halogens is 1. The molecule has 6 N–H and O–H groups in total. The SMILES string of the molecule is CCC1=CC(N)C(N)=C(N)C1(F)CC. The lowest BCUT2D eigenvalue weighted by Crippen LogP contribution is -2.43. The van der Waals surface area contributed by atoms with E-state index in [9.17, 15) is 4.39 Å². The molecule has 1 aliphatic carbocycles. The van der Waals surface area contributed by atoms with Gasteiger partial charge in [-0.2, -0.15) is 0 Å². The minimum Gasteiger partial charge on any atom is -0.399 e. The van der Waals surface area contributed by atoms with E-state index in [0.717, 1.165) is 0 Å². The maximum atomic E-state index is 14.4. The second kappa shape index (κ2) is 3.61. The Morgan fingerprint density at radius 3 is 2.43 bits per heavy atom. The van der Waals surface area contributed by atoms with Crippen molar-refractivity contribution in [2.75, 3.05) is 0 Å². The van der Waals surface area contributed by atoms with Crippen molar-refractivity contribution >= 4 is 0 Å². The van der Waals surface area contributed by atoms with Crippen LogP contribution in [0.5, 0.6) is 0 Å². The Balaban J connectivity index is 3.19. The van der Waals surface area contributed by atoms with Gasteiger partial charge in [0.05, 0.1) is 17.4 Å². The van der Waals surface area contributed by atoms with Gasteiger partial charge >= 0.3 is 0 Å². The lowest BCUT2D eigenvalue weighted by Gasteiger charge is -2.33. The van der Waals surface area contributed by atoms with Gasteiger partial charge in [0.2, 0.25) is 0 Å². The molecule has 0 fully saturated rings. The Kier molecular flexibility index (Phi) is 2.85. The van der Waals surface area contributed by atoms with Crippen molar-refractivity contribution in [2.45, 2.75) is 38.4 Å². The predicted octanol–water partition coefficient (Wildman–Crippen LogP) is 0.911. The topological polar surface area (TPSA) is 78.1 Å². The molecule has 80 valence electrons. The summed E-state index contributed by atoms with van der Waals surface area (Å²) in [6, 6.07) is -0.444. The maximum Gasteiger partial charge on any atom is 0.172 e. The first-order valence-electron chi connectivity index (χ1n) is 4.88. The van der Waals surface area contributed by atoms with Gasteiger partial charge in [0.15, 0.2) is 5.67 Å². The second-order valence-corrected chi connectivity index (χ2v) is 3.59. The van der Waals surface area contributed by atoms with Crippen molar-refractivity contribution in [3.63, 3.8) is 0 Å². The van der Waals surface area contributed by atoms with Crippen molar-refractivity contribution < 1.29 is 4.39 Å². The zero-order valence-electron chi connectivity index (χ0n) is 8.68. The molecule has 0 spiro atoms. The largest absolute Gasteiger partial charge is 0.399 e. The van der Waals surface area contributed by atoms with E-state index in [0.29, 0.717) is 18.4 Å². The molecule has 0 aromatic rings. The molecule has 2 atom stereocenters. The first kappa shape index (κ1) is 11.0. The number of alkyl halides is 1. The van der Waals surface area contributed by atoms with Gasteiger partial charge in [-0.05, 0) is 18.4 Å². The summed E-state index contributed by atoms with van der Waals surface area (Å²) in [7, 11) is 0. The summed E-state index contributed by atoms with van der Waals surface area (Å²) in [5.41, 5.74) is 16.4. The molecule has 0 aromatic carbocycles. The van der Waals surface area contributed by atoms with E-state index in [4.69, 9.17) is 17.2 Å². The third-order valence-corrected chi connectivity index (χ3v) is 2.85. The third kappa shape index (κ3) is 1.39. The molecule has 1 aliphatic rings. The van der Waals surface area contributed by atoms with Crippen LogP contribution in [0.15, 0.2) is 23.0 Å². The Labute approximate surface area is 83.8 Å². The van der Waals surface area contributed by atoms with Crippen LogP contribution in [0.3, 0.4) is 0 Å². The van der Waals surface area contributed by atoms with E-state index >= 15 is 0 Å². The summed E-state index contributed by atoms with van der Waals surface area (Å²) in [6.45, 7) is 3.64. The molecule has 2 unspecified atom stereocenters. The summed E-state index contributed by atoms with van der Waals surface area (Å²) >= 11 is 0. The number of rotatable bonds is 2. The quantitative estimate of drug-likeness (QED) is 0.578. The van der Waals surface area contributed by atoms with Crippen LogP contribution in [0.4, 0.5) is 4.39 Å². The number of hydrogen-bond acceptors (Lipinski definition) is 3. The van der Waals surface area contributed by atoms with Gasteiger partial charge < -0.3 is 17.2 Å². The molecule has 14 heavy (non-hydrogen) atoms. The van der Waals surface area contributed by atoms with Crippen LogP contribution in [-0.4, -0.2) is 11.7 Å². The highest BCUT2D eigenvalue weighted by Crippen LogP contribution is 2.37. The van der Waals surface area contributed by atoms with E-state index in [1.165, 1.54) is 0 Å². The Hall–Kier alpha value is -1.03. The van der Waals surface area contributed by atoms with Crippen LogP contribution in [0.25, 0.3) is 0 Å². The van der Waals surface area contributed by atoms with E-state index in [1.807, 2.05) is 6.92 Å². The molecule has 1 rings (SSSR count). The van der Waals surface area contributed by atoms with Gasteiger partial charge in [0.1, 0.15) is 0 Å². The van der Waals surface area contributed by atoms with E-state index in [2.05, 4.69) is 0 Å². The number of allylic oxidation sites excluding steroid dienone is 1. The smallest absolute Gasteiger partial charge is 0.172 e. The molecule has 3 nitrogen and oxygen atoms in total. The van der Waals surface area contributed by atoms with Crippen LogP contribution < -0.4 is 17.2 Å². The van der Waals surface area contributed by atoms with Crippen LogP contribution >= 0.6 is 0 Å². The molecule has 0 bridgehead atoms. The highest BCUT2D eigenvalue weighted by atomic mass is 19.1. The molecule has 0 saturated heterocycles. The average molecular weight is 199 g/mol. The lowest BCUT2D eigenvalue weighted by molar-refractivity contribution is 0.238. The van der Waals surface area contributed by atoms with Gasteiger partial charge in [-0.15, -0.1) is 0 Å². The highest BCUT2D eigenvalue weighted by Gasteiger charge is 2.39. The van der Waals surface area contributed by atoms with Gasteiger partial charge in [-0.3, -0.25) is 0 Å². The van der Waals surface area contributed by atoms with Crippen molar-refractivity contribution in [3.8, 4) is 0 Å². The predicted molar refractivity (Wildman–Crippen MR) is 55.9 cm³/mol. The van der Waals surface area contributed by atoms with Crippen LogP contribution in [0.1, 0.15) is 26.7 Å². The van der Waals surface area contributed by atoms with Crippen LogP contribution in [-0.2, 0) is 0 Å². The normalized spacial score (nSPS) is 33.1. The summed E-state index contributed by atoms with van der Waals surface area (Å²) in [6.07, 6.45) is 2.58. The average Bonchev–Trinajstić information content (AvgIpc) is 2.20. The second-order valence-electron chi connectivity index (χ2n) is 3.59. The Morgan fingerprint density at radius 1 is 1.43 bits per heavy atom. The molecule has 0 saturated carbocycles.